The number of aromatic nitrogens is 1. The Kier molecular flexibility index (Phi) is 5.40. The smallest absolute Gasteiger partial charge is 0.252 e. The van der Waals surface area contributed by atoms with Gasteiger partial charge >= 0.3 is 0 Å². The van der Waals surface area contributed by atoms with E-state index in [1.54, 1.807) is 6.07 Å². The van der Waals surface area contributed by atoms with Gasteiger partial charge in [0.15, 0.2) is 0 Å². The highest BCUT2D eigenvalue weighted by Crippen LogP contribution is 2.25. The summed E-state index contributed by atoms with van der Waals surface area (Å²) in [7, 11) is 3.87. The molecule has 2 aromatic carbocycles. The number of hydrogen-bond acceptors (Lipinski definition) is 3. The summed E-state index contributed by atoms with van der Waals surface area (Å²) in [5, 5.41) is 4.30. The van der Waals surface area contributed by atoms with Crippen LogP contribution in [0.3, 0.4) is 0 Å². The summed E-state index contributed by atoms with van der Waals surface area (Å²) in [5.74, 6) is -0.286. The van der Waals surface area contributed by atoms with Gasteiger partial charge in [0.25, 0.3) is 5.91 Å². The van der Waals surface area contributed by atoms with Crippen molar-refractivity contribution in [3.63, 3.8) is 0 Å². The molecule has 1 amide bonds. The van der Waals surface area contributed by atoms with Crippen LogP contribution >= 0.6 is 11.6 Å². The predicted octanol–water partition coefficient (Wildman–Crippen LogP) is 3.21. The summed E-state index contributed by atoms with van der Waals surface area (Å²) in [6.07, 6.45) is 0. The van der Waals surface area contributed by atoms with Crippen LogP contribution in [0.15, 0.2) is 59.4 Å². The maximum Gasteiger partial charge on any atom is 0.252 e. The maximum absolute atomic E-state index is 12.7. The second-order valence-electron chi connectivity index (χ2n) is 6.30. The van der Waals surface area contributed by atoms with E-state index < -0.39 is 0 Å². The molecule has 26 heavy (non-hydrogen) atoms. The van der Waals surface area contributed by atoms with Crippen LogP contribution in [0.5, 0.6) is 0 Å². The van der Waals surface area contributed by atoms with Crippen molar-refractivity contribution >= 4 is 28.4 Å². The molecule has 0 saturated carbocycles. The fourth-order valence-corrected chi connectivity index (χ4v) is 3.25. The van der Waals surface area contributed by atoms with Crippen LogP contribution in [0.25, 0.3) is 10.9 Å². The number of nitrogens with zero attached hydrogens (tertiary/aromatic N) is 1. The highest BCUT2D eigenvalue weighted by molar-refractivity contribution is 6.31. The van der Waals surface area contributed by atoms with E-state index in [9.17, 15) is 9.59 Å². The lowest BCUT2D eigenvalue weighted by Gasteiger charge is -2.26. The molecule has 0 bridgehead atoms. The Hall–Kier alpha value is -2.63. The van der Waals surface area contributed by atoms with Crippen LogP contribution in [-0.4, -0.2) is 36.4 Å². The topological polar surface area (TPSA) is 65.2 Å². The number of halogens is 1. The van der Waals surface area contributed by atoms with Crippen molar-refractivity contribution in [3.8, 4) is 0 Å². The summed E-state index contributed by atoms with van der Waals surface area (Å²) in [6, 6.07) is 16.1. The van der Waals surface area contributed by atoms with Crippen molar-refractivity contribution < 1.29 is 4.79 Å². The number of hydrogen-bond donors (Lipinski definition) is 2. The lowest BCUT2D eigenvalue weighted by Crippen LogP contribution is -2.35. The first-order valence-electron chi connectivity index (χ1n) is 8.28. The largest absolute Gasteiger partial charge is 0.350 e. The molecule has 1 heterocycles. The molecule has 3 rings (SSSR count). The molecule has 0 aliphatic rings. The number of amides is 1. The van der Waals surface area contributed by atoms with Gasteiger partial charge in [0, 0.05) is 28.5 Å². The van der Waals surface area contributed by atoms with Crippen molar-refractivity contribution in [1.82, 2.24) is 15.2 Å². The van der Waals surface area contributed by atoms with Crippen molar-refractivity contribution in [2.75, 3.05) is 20.6 Å². The average molecular weight is 370 g/mol. The van der Waals surface area contributed by atoms with Crippen molar-refractivity contribution in [3.05, 3.63) is 81.1 Å². The van der Waals surface area contributed by atoms with Crippen LogP contribution < -0.4 is 10.9 Å². The number of nitrogens with one attached hydrogen (secondary N) is 2. The zero-order valence-corrected chi connectivity index (χ0v) is 15.4. The van der Waals surface area contributed by atoms with Crippen LogP contribution in [-0.2, 0) is 0 Å². The first-order chi connectivity index (χ1) is 12.5. The second kappa shape index (κ2) is 7.72. The third kappa shape index (κ3) is 3.79. The molecule has 1 atom stereocenters. The second-order valence-corrected chi connectivity index (χ2v) is 6.71. The predicted molar refractivity (Wildman–Crippen MR) is 105 cm³/mol. The Labute approximate surface area is 156 Å². The van der Waals surface area contributed by atoms with Gasteiger partial charge in [0.2, 0.25) is 5.56 Å². The van der Waals surface area contributed by atoms with Gasteiger partial charge in [-0.05, 0) is 31.8 Å². The number of rotatable bonds is 5. The number of para-hydroxylation sites is 1. The number of fused-ring (bicyclic) bond motifs is 1. The van der Waals surface area contributed by atoms with E-state index in [4.69, 9.17) is 11.6 Å². The lowest BCUT2D eigenvalue weighted by atomic mass is 10.0. The van der Waals surface area contributed by atoms with Gasteiger partial charge in [-0.25, -0.2) is 0 Å². The zero-order chi connectivity index (χ0) is 18.7. The normalized spacial score (nSPS) is 12.3. The summed E-state index contributed by atoms with van der Waals surface area (Å²) in [6.45, 7) is 0.372. The van der Waals surface area contributed by atoms with E-state index in [1.807, 2.05) is 61.5 Å². The Morgan fingerprint density at radius 1 is 1.15 bits per heavy atom. The van der Waals surface area contributed by atoms with Gasteiger partial charge in [-0.1, -0.05) is 48.0 Å². The third-order valence-corrected chi connectivity index (χ3v) is 4.68. The van der Waals surface area contributed by atoms with Crippen LogP contribution in [0.2, 0.25) is 5.02 Å². The number of benzene rings is 2. The first-order valence-corrected chi connectivity index (χ1v) is 8.66. The molecule has 0 aliphatic heterocycles. The highest BCUT2D eigenvalue weighted by atomic mass is 35.5. The van der Waals surface area contributed by atoms with Crippen LogP contribution in [0.1, 0.15) is 22.0 Å². The SMILES string of the molecule is CN(C)C(CNC(=O)c1cc(=O)[nH]c2ccccc12)c1ccccc1Cl. The van der Waals surface area contributed by atoms with E-state index in [0.717, 1.165) is 5.56 Å². The molecule has 0 radical (unpaired) electrons. The van der Waals surface area contributed by atoms with Gasteiger partial charge in [-0.3, -0.25) is 9.59 Å². The number of pyridine rings is 1. The number of carbonyl (C=O) groups is 1. The van der Waals surface area contributed by atoms with E-state index >= 15 is 0 Å². The Morgan fingerprint density at radius 2 is 1.85 bits per heavy atom. The Bertz CT molecular complexity index is 998. The summed E-state index contributed by atoms with van der Waals surface area (Å²) < 4.78 is 0. The van der Waals surface area contributed by atoms with Gasteiger partial charge in [-0.15, -0.1) is 0 Å². The molecule has 5 nitrogen and oxygen atoms in total. The zero-order valence-electron chi connectivity index (χ0n) is 14.6. The third-order valence-electron chi connectivity index (χ3n) is 4.34. The standard InChI is InChI=1S/C20H20ClN3O2/c1-24(2)18(14-8-3-5-9-16(14)21)12-22-20(26)15-11-19(25)23-17-10-6-4-7-13(15)17/h3-11,18H,12H2,1-2H3,(H,22,26)(H,23,25). The lowest BCUT2D eigenvalue weighted by molar-refractivity contribution is 0.0943. The minimum Gasteiger partial charge on any atom is -0.350 e. The van der Waals surface area contributed by atoms with E-state index in [2.05, 4.69) is 10.3 Å². The summed E-state index contributed by atoms with van der Waals surface area (Å²) in [4.78, 5) is 29.3. The van der Waals surface area contributed by atoms with Gasteiger partial charge in [0.05, 0.1) is 11.6 Å². The van der Waals surface area contributed by atoms with Crippen LogP contribution in [0, 0.1) is 0 Å². The fourth-order valence-electron chi connectivity index (χ4n) is 2.99. The van der Waals surface area contributed by atoms with E-state index in [-0.39, 0.29) is 17.5 Å². The minimum atomic E-state index is -0.302. The van der Waals surface area contributed by atoms with Gasteiger partial charge in [-0.2, -0.15) is 0 Å². The number of likely N-dealkylation sites (N-methyl/N-ethyl adjacent to an activating group) is 1. The van der Waals surface area contributed by atoms with Gasteiger partial charge < -0.3 is 15.2 Å². The molecule has 0 fully saturated rings. The molecular formula is C20H20ClN3O2. The summed E-state index contributed by atoms with van der Waals surface area (Å²) in [5.41, 5.74) is 1.64. The van der Waals surface area contributed by atoms with Crippen molar-refractivity contribution in [2.45, 2.75) is 6.04 Å². The molecule has 6 heteroatoms. The molecule has 3 aromatic rings. The molecule has 0 spiro atoms. The molecule has 0 aliphatic carbocycles. The molecule has 1 aromatic heterocycles. The maximum atomic E-state index is 12.7. The first kappa shape index (κ1) is 18.2. The fraction of sp³-hybridized carbons (Fsp3) is 0.200. The van der Waals surface area contributed by atoms with Crippen molar-refractivity contribution in [2.24, 2.45) is 0 Å². The molecular weight excluding hydrogens is 350 g/mol. The minimum absolute atomic E-state index is 0.0825. The van der Waals surface area contributed by atoms with Crippen molar-refractivity contribution in [1.29, 1.82) is 0 Å². The average Bonchev–Trinajstić information content (AvgIpc) is 2.62. The molecule has 134 valence electrons. The number of aromatic amines is 1. The molecule has 0 saturated heterocycles. The quantitative estimate of drug-likeness (QED) is 0.725. The van der Waals surface area contributed by atoms with E-state index in [0.29, 0.717) is 28.0 Å². The Balaban J connectivity index is 1.86. The highest BCUT2D eigenvalue weighted by Gasteiger charge is 2.19. The molecule has 2 N–H and O–H groups in total. The van der Waals surface area contributed by atoms with Crippen LogP contribution in [0.4, 0.5) is 0 Å². The monoisotopic (exact) mass is 369 g/mol. The Morgan fingerprint density at radius 3 is 2.58 bits per heavy atom. The molecule has 1 unspecified atom stereocenters. The van der Waals surface area contributed by atoms with Gasteiger partial charge in [0.1, 0.15) is 0 Å². The van der Waals surface area contributed by atoms with E-state index in [1.165, 1.54) is 6.07 Å². The number of carbonyl (C=O) groups excluding carboxylic acids is 1. The summed E-state index contributed by atoms with van der Waals surface area (Å²) >= 11 is 6.31. The number of H-pyrrole nitrogens is 1.